The van der Waals surface area contributed by atoms with E-state index in [2.05, 4.69) is 12.2 Å². The van der Waals surface area contributed by atoms with Crippen molar-refractivity contribution in [3.63, 3.8) is 0 Å². The summed E-state index contributed by atoms with van der Waals surface area (Å²) in [5, 5.41) is 11.7. The normalized spacial score (nSPS) is 11.6. The standard InChI is InChI=1S/C13H18N2O2/c1-11(7-9-16-2)15-12-3-5-13(6-4-12)17-10-8-14/h3-6,11,15H,7,9-10H2,1-2H3. The molecular formula is C13H18N2O2. The lowest BCUT2D eigenvalue weighted by Gasteiger charge is -2.14. The number of ether oxygens (including phenoxy) is 2. The van der Waals surface area contributed by atoms with Crippen molar-refractivity contribution in [3.05, 3.63) is 24.3 Å². The van der Waals surface area contributed by atoms with Crippen LogP contribution in [0.3, 0.4) is 0 Å². The number of rotatable bonds is 7. The van der Waals surface area contributed by atoms with Crippen LogP contribution in [0.2, 0.25) is 0 Å². The lowest BCUT2D eigenvalue weighted by atomic mass is 10.2. The van der Waals surface area contributed by atoms with Crippen molar-refractivity contribution in [2.75, 3.05) is 25.6 Å². The summed E-state index contributed by atoms with van der Waals surface area (Å²) in [4.78, 5) is 0. The highest BCUT2D eigenvalue weighted by Gasteiger charge is 2.01. The minimum atomic E-state index is 0.0804. The highest BCUT2D eigenvalue weighted by molar-refractivity contribution is 5.46. The smallest absolute Gasteiger partial charge is 0.174 e. The van der Waals surface area contributed by atoms with Crippen molar-refractivity contribution in [2.45, 2.75) is 19.4 Å². The molecule has 0 aliphatic carbocycles. The fourth-order valence-corrected chi connectivity index (χ4v) is 1.41. The predicted molar refractivity (Wildman–Crippen MR) is 67.1 cm³/mol. The van der Waals surface area contributed by atoms with Gasteiger partial charge in [0.05, 0.1) is 0 Å². The molecule has 4 heteroatoms. The second-order valence-electron chi connectivity index (χ2n) is 3.80. The first-order valence-electron chi connectivity index (χ1n) is 5.61. The van der Waals surface area contributed by atoms with Crippen LogP contribution in [0.1, 0.15) is 13.3 Å². The molecule has 0 amide bonds. The van der Waals surface area contributed by atoms with Gasteiger partial charge in [0.15, 0.2) is 6.61 Å². The van der Waals surface area contributed by atoms with Gasteiger partial charge < -0.3 is 14.8 Å². The Labute approximate surface area is 102 Å². The molecule has 1 rings (SSSR count). The van der Waals surface area contributed by atoms with Gasteiger partial charge in [-0.3, -0.25) is 0 Å². The van der Waals surface area contributed by atoms with Crippen LogP contribution in [0, 0.1) is 11.3 Å². The predicted octanol–water partition coefficient (Wildman–Crippen LogP) is 2.43. The van der Waals surface area contributed by atoms with E-state index in [1.165, 1.54) is 0 Å². The van der Waals surface area contributed by atoms with E-state index in [9.17, 15) is 0 Å². The summed E-state index contributed by atoms with van der Waals surface area (Å²) >= 11 is 0. The SMILES string of the molecule is COCCC(C)Nc1ccc(OCC#N)cc1. The Hall–Kier alpha value is -1.73. The van der Waals surface area contributed by atoms with Crippen LogP contribution in [0.5, 0.6) is 5.75 Å². The number of hydrogen-bond acceptors (Lipinski definition) is 4. The maximum Gasteiger partial charge on any atom is 0.174 e. The van der Waals surface area contributed by atoms with E-state index < -0.39 is 0 Å². The van der Waals surface area contributed by atoms with Gasteiger partial charge in [-0.2, -0.15) is 5.26 Å². The Bertz CT molecular complexity index is 357. The number of nitrogens with zero attached hydrogens (tertiary/aromatic N) is 1. The van der Waals surface area contributed by atoms with Crippen molar-refractivity contribution in [1.29, 1.82) is 5.26 Å². The molecule has 0 radical (unpaired) electrons. The molecule has 0 heterocycles. The molecule has 0 aromatic heterocycles. The number of anilines is 1. The second-order valence-corrected chi connectivity index (χ2v) is 3.80. The molecule has 0 saturated carbocycles. The van der Waals surface area contributed by atoms with Crippen molar-refractivity contribution < 1.29 is 9.47 Å². The van der Waals surface area contributed by atoms with Gasteiger partial charge in [0.2, 0.25) is 0 Å². The molecule has 4 nitrogen and oxygen atoms in total. The zero-order valence-corrected chi connectivity index (χ0v) is 10.3. The second kappa shape index (κ2) is 7.53. The Kier molecular flexibility index (Phi) is 5.91. The maximum absolute atomic E-state index is 8.38. The largest absolute Gasteiger partial charge is 0.479 e. The first-order chi connectivity index (χ1) is 8.26. The molecule has 1 atom stereocenters. The fraction of sp³-hybridized carbons (Fsp3) is 0.462. The summed E-state index contributed by atoms with van der Waals surface area (Å²) in [6, 6.07) is 9.88. The molecule has 1 aromatic carbocycles. The highest BCUT2D eigenvalue weighted by Crippen LogP contribution is 2.16. The van der Waals surface area contributed by atoms with Crippen LogP contribution in [0.15, 0.2) is 24.3 Å². The van der Waals surface area contributed by atoms with E-state index in [0.717, 1.165) is 18.7 Å². The van der Waals surface area contributed by atoms with Crippen molar-refractivity contribution in [2.24, 2.45) is 0 Å². The van der Waals surface area contributed by atoms with Gasteiger partial charge in [-0.25, -0.2) is 0 Å². The van der Waals surface area contributed by atoms with Crippen LogP contribution in [-0.2, 0) is 4.74 Å². The van der Waals surface area contributed by atoms with Crippen molar-refractivity contribution >= 4 is 5.69 Å². The van der Waals surface area contributed by atoms with Gasteiger partial charge in [-0.05, 0) is 37.6 Å². The van der Waals surface area contributed by atoms with E-state index >= 15 is 0 Å². The van der Waals surface area contributed by atoms with Crippen LogP contribution in [-0.4, -0.2) is 26.4 Å². The average Bonchev–Trinajstić information content (AvgIpc) is 2.35. The zero-order chi connectivity index (χ0) is 12.5. The maximum atomic E-state index is 8.38. The monoisotopic (exact) mass is 234 g/mol. The lowest BCUT2D eigenvalue weighted by Crippen LogP contribution is -2.16. The van der Waals surface area contributed by atoms with E-state index in [4.69, 9.17) is 14.7 Å². The van der Waals surface area contributed by atoms with Gasteiger partial charge in [0.25, 0.3) is 0 Å². The minimum Gasteiger partial charge on any atom is -0.479 e. The Morgan fingerprint density at radius 1 is 1.35 bits per heavy atom. The van der Waals surface area contributed by atoms with Gasteiger partial charge in [0, 0.05) is 25.4 Å². The van der Waals surface area contributed by atoms with Crippen LogP contribution in [0.25, 0.3) is 0 Å². The first kappa shape index (κ1) is 13.3. The highest BCUT2D eigenvalue weighted by atomic mass is 16.5. The third-order valence-corrected chi connectivity index (χ3v) is 2.33. The molecule has 0 aliphatic rings. The summed E-state index contributed by atoms with van der Waals surface area (Å²) in [6.45, 7) is 2.94. The number of nitriles is 1. The molecular weight excluding hydrogens is 216 g/mol. The summed E-state index contributed by atoms with van der Waals surface area (Å²) in [5.41, 5.74) is 1.04. The molecule has 1 unspecified atom stereocenters. The van der Waals surface area contributed by atoms with Crippen molar-refractivity contribution in [3.8, 4) is 11.8 Å². The van der Waals surface area contributed by atoms with Gasteiger partial charge in [-0.1, -0.05) is 0 Å². The van der Waals surface area contributed by atoms with E-state index in [-0.39, 0.29) is 6.61 Å². The first-order valence-corrected chi connectivity index (χ1v) is 5.61. The third-order valence-electron chi connectivity index (χ3n) is 2.33. The molecule has 0 bridgehead atoms. The molecule has 1 N–H and O–H groups in total. The van der Waals surface area contributed by atoms with Crippen molar-refractivity contribution in [1.82, 2.24) is 0 Å². The Morgan fingerprint density at radius 2 is 2.06 bits per heavy atom. The van der Waals surface area contributed by atoms with Gasteiger partial charge in [-0.15, -0.1) is 0 Å². The number of benzene rings is 1. The molecule has 0 spiro atoms. The number of nitrogens with one attached hydrogen (secondary N) is 1. The molecule has 0 saturated heterocycles. The topological polar surface area (TPSA) is 54.3 Å². The summed E-state index contributed by atoms with van der Waals surface area (Å²) < 4.78 is 10.2. The summed E-state index contributed by atoms with van der Waals surface area (Å²) in [5.74, 6) is 0.710. The van der Waals surface area contributed by atoms with E-state index in [0.29, 0.717) is 11.8 Å². The number of methoxy groups -OCH3 is 1. The zero-order valence-electron chi connectivity index (χ0n) is 10.3. The summed E-state index contributed by atoms with van der Waals surface area (Å²) in [7, 11) is 1.70. The number of hydrogen-bond donors (Lipinski definition) is 1. The molecule has 0 fully saturated rings. The molecule has 17 heavy (non-hydrogen) atoms. The molecule has 0 aliphatic heterocycles. The van der Waals surface area contributed by atoms with E-state index in [1.54, 1.807) is 7.11 Å². The van der Waals surface area contributed by atoms with E-state index in [1.807, 2.05) is 30.3 Å². The average molecular weight is 234 g/mol. The van der Waals surface area contributed by atoms with Crippen LogP contribution >= 0.6 is 0 Å². The van der Waals surface area contributed by atoms with Gasteiger partial charge in [0.1, 0.15) is 11.8 Å². The Balaban J connectivity index is 2.42. The summed E-state index contributed by atoms with van der Waals surface area (Å²) in [6.07, 6.45) is 0.961. The minimum absolute atomic E-state index is 0.0804. The quantitative estimate of drug-likeness (QED) is 0.787. The van der Waals surface area contributed by atoms with Crippen LogP contribution in [0.4, 0.5) is 5.69 Å². The lowest BCUT2D eigenvalue weighted by molar-refractivity contribution is 0.191. The fourth-order valence-electron chi connectivity index (χ4n) is 1.41. The third kappa shape index (κ3) is 5.23. The Morgan fingerprint density at radius 3 is 2.65 bits per heavy atom. The van der Waals surface area contributed by atoms with Gasteiger partial charge >= 0.3 is 0 Å². The molecule has 92 valence electrons. The molecule has 1 aromatic rings. The van der Waals surface area contributed by atoms with Crippen LogP contribution < -0.4 is 10.1 Å².